The number of hydrogen-bond acceptors (Lipinski definition) is 5. The van der Waals surface area contributed by atoms with Crippen LogP contribution in [0.25, 0.3) is 0 Å². The van der Waals surface area contributed by atoms with E-state index in [0.29, 0.717) is 21.7 Å². The first kappa shape index (κ1) is 34.0. The fraction of sp³-hybridized carbons (Fsp3) is 0.235. The van der Waals surface area contributed by atoms with Crippen LogP contribution >= 0.6 is 0 Å². The summed E-state index contributed by atoms with van der Waals surface area (Å²) in [5.41, 5.74) is -0.102. The molecule has 242 valence electrons. The van der Waals surface area contributed by atoms with Crippen molar-refractivity contribution >= 4 is 27.5 Å². The molecule has 0 aliphatic heterocycles. The van der Waals surface area contributed by atoms with Crippen LogP contribution in [0, 0.1) is 0 Å². The number of sulfonamides is 1. The van der Waals surface area contributed by atoms with Gasteiger partial charge in [0, 0.05) is 19.5 Å². The van der Waals surface area contributed by atoms with Crippen LogP contribution in [0.3, 0.4) is 0 Å². The maximum Gasteiger partial charge on any atom is 0.416 e. The van der Waals surface area contributed by atoms with Crippen molar-refractivity contribution < 1.29 is 35.9 Å². The average Bonchev–Trinajstić information content (AvgIpc) is 3.05. The Balaban J connectivity index is 1.84. The van der Waals surface area contributed by atoms with E-state index in [2.05, 4.69) is 5.32 Å². The van der Waals surface area contributed by atoms with Crippen molar-refractivity contribution in [3.8, 4) is 5.75 Å². The number of methoxy groups -OCH3 is 1. The number of carbonyl (C=O) groups excluding carboxylic acids is 2. The van der Waals surface area contributed by atoms with Crippen molar-refractivity contribution in [1.29, 1.82) is 0 Å². The fourth-order valence-corrected chi connectivity index (χ4v) is 6.33. The van der Waals surface area contributed by atoms with Crippen LogP contribution in [0.5, 0.6) is 5.75 Å². The molecule has 0 fully saturated rings. The van der Waals surface area contributed by atoms with E-state index in [0.717, 1.165) is 17.7 Å². The molecule has 0 saturated carbocycles. The quantitative estimate of drug-likeness (QED) is 0.200. The summed E-state index contributed by atoms with van der Waals surface area (Å²) in [5.74, 6) is -0.772. The normalized spacial score (nSPS) is 12.2. The van der Waals surface area contributed by atoms with Crippen molar-refractivity contribution in [2.75, 3.05) is 24.5 Å². The van der Waals surface area contributed by atoms with E-state index in [-0.39, 0.29) is 30.1 Å². The number of carbonyl (C=O) groups is 2. The second-order valence-corrected chi connectivity index (χ2v) is 12.2. The van der Waals surface area contributed by atoms with Crippen LogP contribution in [0.15, 0.2) is 114 Å². The molecule has 0 bridgehead atoms. The monoisotopic (exact) mass is 653 g/mol. The predicted octanol–water partition coefficient (Wildman–Crippen LogP) is 5.69. The molecule has 1 atom stereocenters. The maximum atomic E-state index is 14.4. The highest BCUT2D eigenvalue weighted by atomic mass is 32.2. The molecule has 1 N–H and O–H groups in total. The van der Waals surface area contributed by atoms with Gasteiger partial charge in [-0.05, 0) is 60.5 Å². The van der Waals surface area contributed by atoms with Crippen molar-refractivity contribution in [1.82, 2.24) is 10.2 Å². The first-order chi connectivity index (χ1) is 21.9. The van der Waals surface area contributed by atoms with Gasteiger partial charge in [-0.1, -0.05) is 66.7 Å². The molecular formula is C34H34F3N3O5S. The lowest BCUT2D eigenvalue weighted by Gasteiger charge is -2.34. The van der Waals surface area contributed by atoms with E-state index >= 15 is 0 Å². The summed E-state index contributed by atoms with van der Waals surface area (Å²) < 4.78 is 75.1. The summed E-state index contributed by atoms with van der Waals surface area (Å²) in [5, 5.41) is 2.76. The molecule has 0 radical (unpaired) electrons. The van der Waals surface area contributed by atoms with Crippen molar-refractivity contribution in [3.05, 3.63) is 126 Å². The number of halogens is 3. The number of anilines is 1. The molecule has 46 heavy (non-hydrogen) atoms. The molecule has 0 aromatic heterocycles. The van der Waals surface area contributed by atoms with Gasteiger partial charge in [0.2, 0.25) is 11.8 Å². The summed E-state index contributed by atoms with van der Waals surface area (Å²) >= 11 is 0. The van der Waals surface area contributed by atoms with Gasteiger partial charge in [0.05, 0.1) is 23.3 Å². The van der Waals surface area contributed by atoms with Crippen molar-refractivity contribution in [2.24, 2.45) is 0 Å². The summed E-state index contributed by atoms with van der Waals surface area (Å²) in [4.78, 5) is 29.0. The number of nitrogens with zero attached hydrogens (tertiary/aromatic N) is 2. The van der Waals surface area contributed by atoms with Gasteiger partial charge in [-0.2, -0.15) is 13.2 Å². The molecule has 0 heterocycles. The molecule has 0 aliphatic rings. The number of hydrogen-bond donors (Lipinski definition) is 1. The topological polar surface area (TPSA) is 96.0 Å². The van der Waals surface area contributed by atoms with Crippen LogP contribution < -0.4 is 14.4 Å². The SMILES string of the molecule is CCNC(=O)[C@@H](Cc1ccccc1)N(Cc1cccc(OC)c1)C(=O)CN(c1cccc(C(F)(F)F)c1)S(=O)(=O)c1ccccc1. The van der Waals surface area contributed by atoms with E-state index in [4.69, 9.17) is 4.74 Å². The van der Waals surface area contributed by atoms with Crippen molar-refractivity contribution in [2.45, 2.75) is 37.0 Å². The third kappa shape index (κ3) is 8.45. The van der Waals surface area contributed by atoms with Crippen molar-refractivity contribution in [3.63, 3.8) is 0 Å². The molecule has 0 spiro atoms. The lowest BCUT2D eigenvalue weighted by molar-refractivity contribution is -0.140. The van der Waals surface area contributed by atoms with E-state index in [1.165, 1.54) is 42.3 Å². The number of benzene rings is 4. The minimum Gasteiger partial charge on any atom is -0.497 e. The zero-order valence-corrected chi connectivity index (χ0v) is 26.1. The Kier molecular flexibility index (Phi) is 11.1. The molecule has 4 aromatic carbocycles. The van der Waals surface area contributed by atoms with Gasteiger partial charge >= 0.3 is 6.18 Å². The fourth-order valence-electron chi connectivity index (χ4n) is 4.90. The Morgan fingerprint density at radius 3 is 2.11 bits per heavy atom. The number of alkyl halides is 3. The molecule has 8 nitrogen and oxygen atoms in total. The number of likely N-dealkylation sites (N-methyl/N-ethyl adjacent to an activating group) is 1. The highest BCUT2D eigenvalue weighted by Gasteiger charge is 2.36. The Morgan fingerprint density at radius 1 is 0.848 bits per heavy atom. The van der Waals surface area contributed by atoms with E-state index < -0.39 is 46.2 Å². The molecule has 0 unspecified atom stereocenters. The largest absolute Gasteiger partial charge is 0.497 e. The third-order valence-corrected chi connectivity index (χ3v) is 8.97. The van der Waals surface area contributed by atoms with Gasteiger partial charge < -0.3 is 15.0 Å². The molecule has 12 heteroatoms. The summed E-state index contributed by atoms with van der Waals surface area (Å²) in [6, 6.07) is 25.6. The Labute approximate surface area is 266 Å². The minimum atomic E-state index is -4.76. The van der Waals surface area contributed by atoms with Crippen LogP contribution in [-0.2, 0) is 38.8 Å². The molecule has 2 amide bonds. The van der Waals surface area contributed by atoms with Crippen LogP contribution in [0.4, 0.5) is 18.9 Å². The van der Waals surface area contributed by atoms with Crippen LogP contribution in [0.2, 0.25) is 0 Å². The first-order valence-corrected chi connectivity index (χ1v) is 15.9. The number of ether oxygens (including phenoxy) is 1. The lowest BCUT2D eigenvalue weighted by atomic mass is 10.0. The Hall–Kier alpha value is -4.84. The van der Waals surface area contributed by atoms with Crippen LogP contribution in [0.1, 0.15) is 23.6 Å². The smallest absolute Gasteiger partial charge is 0.416 e. The zero-order chi connectivity index (χ0) is 33.3. The van der Waals surface area contributed by atoms with Crippen LogP contribution in [-0.4, -0.2) is 51.4 Å². The van der Waals surface area contributed by atoms with E-state index in [9.17, 15) is 31.2 Å². The zero-order valence-electron chi connectivity index (χ0n) is 25.3. The summed E-state index contributed by atoms with van der Waals surface area (Å²) in [6.07, 6.45) is -4.67. The predicted molar refractivity (Wildman–Crippen MR) is 169 cm³/mol. The summed E-state index contributed by atoms with van der Waals surface area (Å²) in [6.45, 7) is 0.997. The first-order valence-electron chi connectivity index (χ1n) is 14.4. The highest BCUT2D eigenvalue weighted by Crippen LogP contribution is 2.33. The van der Waals surface area contributed by atoms with Gasteiger partial charge in [0.15, 0.2) is 0 Å². The third-order valence-electron chi connectivity index (χ3n) is 7.18. The standard InChI is InChI=1S/C34H34F3N3O5S/c1-3-38-33(42)31(21-25-12-6-4-7-13-25)39(23-26-14-10-17-29(20-26)45-2)32(41)24-40(46(43,44)30-18-8-5-9-19-30)28-16-11-15-27(22-28)34(35,36)37/h4-20,22,31H,3,21,23-24H2,1-2H3,(H,38,42)/t31-/m1/s1. The molecule has 4 rings (SSSR count). The number of rotatable bonds is 13. The van der Waals surface area contributed by atoms with E-state index in [1.54, 1.807) is 61.5 Å². The second-order valence-electron chi connectivity index (χ2n) is 10.3. The second kappa shape index (κ2) is 15.0. The van der Waals surface area contributed by atoms with Gasteiger partial charge in [-0.25, -0.2) is 8.42 Å². The Morgan fingerprint density at radius 2 is 1.48 bits per heavy atom. The average molecular weight is 654 g/mol. The Bertz CT molecular complexity index is 1740. The molecule has 0 saturated heterocycles. The van der Waals surface area contributed by atoms with Gasteiger partial charge in [0.25, 0.3) is 10.0 Å². The number of nitrogens with one attached hydrogen (secondary N) is 1. The minimum absolute atomic E-state index is 0.0946. The van der Waals surface area contributed by atoms with Gasteiger partial charge in [-0.3, -0.25) is 13.9 Å². The molecular weight excluding hydrogens is 619 g/mol. The number of amides is 2. The molecule has 4 aromatic rings. The summed E-state index contributed by atoms with van der Waals surface area (Å²) in [7, 11) is -3.06. The molecule has 0 aliphatic carbocycles. The van der Waals surface area contributed by atoms with E-state index in [1.807, 2.05) is 6.07 Å². The lowest BCUT2D eigenvalue weighted by Crippen LogP contribution is -2.53. The highest BCUT2D eigenvalue weighted by molar-refractivity contribution is 7.92. The van der Waals surface area contributed by atoms with Gasteiger partial charge in [-0.15, -0.1) is 0 Å². The maximum absolute atomic E-state index is 14.4. The van der Waals surface area contributed by atoms with Gasteiger partial charge in [0.1, 0.15) is 18.3 Å².